The van der Waals surface area contributed by atoms with Crippen molar-refractivity contribution < 1.29 is 19.3 Å². The molecule has 96 valence electrons. The summed E-state index contributed by atoms with van der Waals surface area (Å²) in [5.74, 6) is -2.11. The molecular weight excluding hydrogens is 236 g/mol. The molecule has 0 atom stereocenters. The van der Waals surface area contributed by atoms with Crippen LogP contribution in [0.25, 0.3) is 0 Å². The number of nitrogens with one attached hydrogen (secondary N) is 1. The molecule has 0 bridgehead atoms. The second-order valence-electron chi connectivity index (χ2n) is 3.82. The molecule has 1 aromatic carbocycles. The average Bonchev–Trinajstić information content (AvgIpc) is 2.41. The number of nitrogens with zero attached hydrogens (tertiary/aromatic N) is 1. The van der Waals surface area contributed by atoms with E-state index in [0.717, 1.165) is 23.6 Å². The van der Waals surface area contributed by atoms with E-state index in [1.54, 1.807) is 0 Å². The van der Waals surface area contributed by atoms with Gasteiger partial charge in [-0.25, -0.2) is 9.59 Å². The zero-order valence-electron chi connectivity index (χ0n) is 10.2. The van der Waals surface area contributed by atoms with Crippen LogP contribution >= 0.6 is 0 Å². The lowest BCUT2D eigenvalue weighted by molar-refractivity contribution is -0.192. The molecule has 6 heteroatoms. The predicted octanol–water partition coefficient (Wildman–Crippen LogP) is 1.05. The summed E-state index contributed by atoms with van der Waals surface area (Å²) in [6.45, 7) is 4.06. The molecule has 0 spiro atoms. The van der Waals surface area contributed by atoms with Crippen molar-refractivity contribution in [1.82, 2.24) is 5.59 Å². The maximum absolute atomic E-state index is 11.1. The Morgan fingerprint density at radius 1 is 1.17 bits per heavy atom. The van der Waals surface area contributed by atoms with E-state index in [0.29, 0.717) is 5.69 Å². The summed E-state index contributed by atoms with van der Waals surface area (Å²) in [6.07, 6.45) is 1.70. The SMILES string of the molecule is CCc1ccc(N2NOC(=O)C(=O)O2)c(CC)c1. The van der Waals surface area contributed by atoms with Crippen molar-refractivity contribution in [3.8, 4) is 0 Å². The minimum absolute atomic E-state index is 0.649. The van der Waals surface area contributed by atoms with Crippen LogP contribution in [-0.2, 0) is 32.1 Å². The summed E-state index contributed by atoms with van der Waals surface area (Å²) in [4.78, 5) is 31.2. The van der Waals surface area contributed by atoms with E-state index >= 15 is 0 Å². The van der Waals surface area contributed by atoms with E-state index in [9.17, 15) is 9.59 Å². The van der Waals surface area contributed by atoms with Gasteiger partial charge < -0.3 is 9.68 Å². The van der Waals surface area contributed by atoms with Gasteiger partial charge in [-0.05, 0) is 35.6 Å². The minimum Gasteiger partial charge on any atom is -0.338 e. The monoisotopic (exact) mass is 250 g/mol. The molecule has 1 fully saturated rings. The summed E-state index contributed by atoms with van der Waals surface area (Å²) in [5, 5.41) is 1.06. The number of hydrazine groups is 1. The molecule has 1 heterocycles. The fourth-order valence-corrected chi connectivity index (χ4v) is 1.70. The molecule has 1 saturated heterocycles. The van der Waals surface area contributed by atoms with Crippen LogP contribution in [-0.4, -0.2) is 11.9 Å². The molecule has 0 amide bonds. The zero-order chi connectivity index (χ0) is 13.1. The topological polar surface area (TPSA) is 67.9 Å². The van der Waals surface area contributed by atoms with E-state index in [4.69, 9.17) is 4.84 Å². The lowest BCUT2D eigenvalue weighted by Crippen LogP contribution is -2.49. The third-order valence-electron chi connectivity index (χ3n) is 2.71. The molecule has 1 aliphatic rings. The third-order valence-corrected chi connectivity index (χ3v) is 2.71. The van der Waals surface area contributed by atoms with Crippen molar-refractivity contribution in [3.63, 3.8) is 0 Å². The first-order valence-electron chi connectivity index (χ1n) is 5.76. The number of hydrogen-bond donors (Lipinski definition) is 1. The highest BCUT2D eigenvalue weighted by atomic mass is 16.9. The van der Waals surface area contributed by atoms with E-state index in [-0.39, 0.29) is 0 Å². The predicted molar refractivity (Wildman–Crippen MR) is 63.0 cm³/mol. The summed E-state index contributed by atoms with van der Waals surface area (Å²) in [6, 6.07) is 5.78. The number of hydrogen-bond acceptors (Lipinski definition) is 6. The molecule has 0 aliphatic carbocycles. The van der Waals surface area contributed by atoms with Gasteiger partial charge in [0.1, 0.15) is 5.69 Å². The fraction of sp³-hybridized carbons (Fsp3) is 0.333. The van der Waals surface area contributed by atoms with Gasteiger partial charge >= 0.3 is 11.9 Å². The highest BCUT2D eigenvalue weighted by molar-refractivity contribution is 6.30. The Labute approximate surface area is 104 Å². The smallest absolute Gasteiger partial charge is 0.338 e. The summed E-state index contributed by atoms with van der Waals surface area (Å²) >= 11 is 0. The first kappa shape index (κ1) is 12.4. The third kappa shape index (κ3) is 2.28. The molecule has 1 aromatic rings. The Kier molecular flexibility index (Phi) is 3.47. The number of carbonyl (C=O) groups is 2. The van der Waals surface area contributed by atoms with E-state index in [2.05, 4.69) is 17.4 Å². The molecule has 1 N–H and O–H groups in total. The van der Waals surface area contributed by atoms with Crippen molar-refractivity contribution in [1.29, 1.82) is 0 Å². The van der Waals surface area contributed by atoms with Crippen LogP contribution in [0.2, 0.25) is 0 Å². The molecule has 2 rings (SSSR count). The van der Waals surface area contributed by atoms with Gasteiger partial charge in [-0.3, -0.25) is 0 Å². The molecule has 0 aromatic heterocycles. The number of carbonyl (C=O) groups excluding carboxylic acids is 2. The Morgan fingerprint density at radius 2 is 1.94 bits per heavy atom. The Hall–Kier alpha value is -2.08. The van der Waals surface area contributed by atoms with Crippen LogP contribution in [0.15, 0.2) is 18.2 Å². The Balaban J connectivity index is 2.27. The van der Waals surface area contributed by atoms with Gasteiger partial charge in [0, 0.05) is 0 Å². The Morgan fingerprint density at radius 3 is 2.56 bits per heavy atom. The molecule has 0 unspecified atom stereocenters. The van der Waals surface area contributed by atoms with Crippen molar-refractivity contribution >= 4 is 17.6 Å². The minimum atomic E-state index is -1.06. The maximum atomic E-state index is 11.1. The fourth-order valence-electron chi connectivity index (χ4n) is 1.70. The number of anilines is 1. The van der Waals surface area contributed by atoms with Gasteiger partial charge in [0.25, 0.3) is 0 Å². The zero-order valence-corrected chi connectivity index (χ0v) is 10.2. The molecule has 6 nitrogen and oxygen atoms in total. The lowest BCUT2D eigenvalue weighted by atomic mass is 10.1. The van der Waals surface area contributed by atoms with Crippen molar-refractivity contribution in [2.24, 2.45) is 0 Å². The van der Waals surface area contributed by atoms with Crippen molar-refractivity contribution in [2.75, 3.05) is 5.17 Å². The Bertz CT molecular complexity index is 487. The standard InChI is InChI=1S/C12H14N2O4/c1-3-8-5-6-10(9(4-2)7-8)14-13-17-11(15)12(16)18-14/h5-7,13H,3-4H2,1-2H3. The molecule has 18 heavy (non-hydrogen) atoms. The second kappa shape index (κ2) is 5.05. The maximum Gasteiger partial charge on any atom is 0.444 e. The van der Waals surface area contributed by atoms with Crippen LogP contribution in [0, 0.1) is 0 Å². The van der Waals surface area contributed by atoms with E-state index in [1.807, 2.05) is 25.1 Å². The molecule has 1 aliphatic heterocycles. The van der Waals surface area contributed by atoms with Crippen LogP contribution in [0.4, 0.5) is 5.69 Å². The van der Waals surface area contributed by atoms with Crippen molar-refractivity contribution in [3.05, 3.63) is 29.3 Å². The normalized spacial score (nSPS) is 15.3. The van der Waals surface area contributed by atoms with Crippen LogP contribution in [0.5, 0.6) is 0 Å². The highest BCUT2D eigenvalue weighted by Gasteiger charge is 2.30. The van der Waals surface area contributed by atoms with Crippen LogP contribution < -0.4 is 10.8 Å². The molecule has 0 radical (unpaired) electrons. The largest absolute Gasteiger partial charge is 0.444 e. The van der Waals surface area contributed by atoms with Gasteiger partial charge in [-0.15, -0.1) is 5.17 Å². The van der Waals surface area contributed by atoms with Crippen LogP contribution in [0.3, 0.4) is 0 Å². The second-order valence-corrected chi connectivity index (χ2v) is 3.82. The first-order chi connectivity index (χ1) is 8.65. The van der Waals surface area contributed by atoms with E-state index < -0.39 is 11.9 Å². The first-order valence-corrected chi connectivity index (χ1v) is 5.76. The summed E-state index contributed by atoms with van der Waals surface area (Å²) in [5.41, 5.74) is 5.10. The van der Waals surface area contributed by atoms with Gasteiger partial charge in [-0.2, -0.15) is 0 Å². The number of rotatable bonds is 3. The van der Waals surface area contributed by atoms with Gasteiger partial charge in [0.2, 0.25) is 0 Å². The quantitative estimate of drug-likeness (QED) is 0.809. The number of benzene rings is 1. The van der Waals surface area contributed by atoms with Gasteiger partial charge in [-0.1, -0.05) is 26.0 Å². The highest BCUT2D eigenvalue weighted by Crippen LogP contribution is 2.23. The van der Waals surface area contributed by atoms with Gasteiger partial charge in [0.05, 0.1) is 0 Å². The van der Waals surface area contributed by atoms with Gasteiger partial charge in [0.15, 0.2) is 0 Å². The number of aryl methyl sites for hydroxylation is 2. The van der Waals surface area contributed by atoms with E-state index in [1.165, 1.54) is 5.56 Å². The average molecular weight is 250 g/mol. The van der Waals surface area contributed by atoms with Crippen LogP contribution in [0.1, 0.15) is 25.0 Å². The molecular formula is C12H14N2O4. The summed E-state index contributed by atoms with van der Waals surface area (Å²) < 4.78 is 0. The molecule has 0 saturated carbocycles. The lowest BCUT2D eigenvalue weighted by Gasteiger charge is -2.27. The van der Waals surface area contributed by atoms with Crippen molar-refractivity contribution in [2.45, 2.75) is 26.7 Å². The summed E-state index contributed by atoms with van der Waals surface area (Å²) in [7, 11) is 0.